The van der Waals surface area contributed by atoms with Gasteiger partial charge in [0.15, 0.2) is 0 Å². The van der Waals surface area contributed by atoms with Gasteiger partial charge >= 0.3 is 0 Å². The van der Waals surface area contributed by atoms with Gasteiger partial charge in [0.2, 0.25) is 0 Å². The fourth-order valence-electron chi connectivity index (χ4n) is 0.139. The molecule has 4 heteroatoms. The third kappa shape index (κ3) is 15.6. The highest BCUT2D eigenvalue weighted by molar-refractivity contribution is 4.51. The Kier molecular flexibility index (Phi) is 14.0. The summed E-state index contributed by atoms with van der Waals surface area (Å²) in [6.07, 6.45) is 0.782. The van der Waals surface area contributed by atoms with E-state index in [9.17, 15) is 0 Å². The third-order valence-corrected chi connectivity index (χ3v) is 0.478. The zero-order valence-corrected chi connectivity index (χ0v) is 6.03. The van der Waals surface area contributed by atoms with Crippen molar-refractivity contribution in [3.63, 3.8) is 0 Å². The lowest BCUT2D eigenvalue weighted by atomic mass is 10.4. The smallest absolute Gasteiger partial charge is 0.110 e. The first kappa shape index (κ1) is 12.3. The summed E-state index contributed by atoms with van der Waals surface area (Å²) in [5.74, 6) is 0. The van der Waals surface area contributed by atoms with Crippen LogP contribution in [0.5, 0.6) is 0 Å². The fourth-order valence-corrected chi connectivity index (χ4v) is 0.139. The lowest BCUT2D eigenvalue weighted by Gasteiger charge is -2.00. The summed E-state index contributed by atoms with van der Waals surface area (Å²) in [7, 11) is 0. The van der Waals surface area contributed by atoms with Gasteiger partial charge in [0.25, 0.3) is 0 Å². The Hall–Kier alpha value is -0.420. The molecule has 0 fully saturated rings. The number of hydrogen-bond acceptors (Lipinski definition) is 4. The minimum atomic E-state index is -0.968. The minimum Gasteiger partial charge on any atom is -0.394 e. The zero-order valence-electron chi connectivity index (χ0n) is 6.03. The summed E-state index contributed by atoms with van der Waals surface area (Å²) >= 11 is 0. The van der Waals surface area contributed by atoms with Crippen LogP contribution in [0.4, 0.5) is 0 Å². The molecule has 0 aromatic carbocycles. The van der Waals surface area contributed by atoms with Gasteiger partial charge < -0.3 is 10.2 Å². The van der Waals surface area contributed by atoms with Gasteiger partial charge in [-0.15, -0.1) is 6.58 Å². The SMILES string of the molecule is C=CC.OCC(O)COO. The summed E-state index contributed by atoms with van der Waals surface area (Å²) in [6.45, 7) is 4.62. The van der Waals surface area contributed by atoms with E-state index in [0.29, 0.717) is 0 Å². The maximum absolute atomic E-state index is 8.32. The molecule has 0 radical (unpaired) electrons. The van der Waals surface area contributed by atoms with Crippen LogP contribution in [0.3, 0.4) is 0 Å². The predicted molar refractivity (Wildman–Crippen MR) is 37.5 cm³/mol. The second-order valence-electron chi connectivity index (χ2n) is 1.54. The van der Waals surface area contributed by atoms with Gasteiger partial charge in [0.05, 0.1) is 6.61 Å². The lowest BCUT2D eigenvalue weighted by molar-refractivity contribution is -0.258. The molecule has 0 spiro atoms. The van der Waals surface area contributed by atoms with Crippen LogP contribution in [0.15, 0.2) is 12.7 Å². The van der Waals surface area contributed by atoms with E-state index in [-0.39, 0.29) is 13.2 Å². The summed E-state index contributed by atoms with van der Waals surface area (Å²) < 4.78 is 0. The van der Waals surface area contributed by atoms with E-state index in [2.05, 4.69) is 11.5 Å². The molecule has 0 aromatic heterocycles. The Labute approximate surface area is 60.3 Å². The monoisotopic (exact) mass is 150 g/mol. The van der Waals surface area contributed by atoms with Gasteiger partial charge in [0, 0.05) is 0 Å². The first-order chi connectivity index (χ1) is 4.72. The van der Waals surface area contributed by atoms with Crippen LogP contribution in [0.25, 0.3) is 0 Å². The van der Waals surface area contributed by atoms with Crippen molar-refractivity contribution in [3.8, 4) is 0 Å². The Morgan fingerprint density at radius 2 is 2.10 bits per heavy atom. The first-order valence-electron chi connectivity index (χ1n) is 2.85. The van der Waals surface area contributed by atoms with E-state index in [1.54, 1.807) is 6.08 Å². The molecule has 0 aliphatic carbocycles. The summed E-state index contributed by atoms with van der Waals surface area (Å²) in [5, 5.41) is 23.9. The Morgan fingerprint density at radius 3 is 2.20 bits per heavy atom. The molecule has 0 aliphatic heterocycles. The van der Waals surface area contributed by atoms with Crippen molar-refractivity contribution in [1.29, 1.82) is 0 Å². The molecule has 1 unspecified atom stereocenters. The third-order valence-electron chi connectivity index (χ3n) is 0.478. The average molecular weight is 150 g/mol. The zero-order chi connectivity index (χ0) is 8.41. The number of rotatable bonds is 3. The molecule has 0 saturated carbocycles. The van der Waals surface area contributed by atoms with Crippen molar-refractivity contribution in [3.05, 3.63) is 12.7 Å². The summed E-state index contributed by atoms with van der Waals surface area (Å²) in [6, 6.07) is 0. The molecule has 4 nitrogen and oxygen atoms in total. The summed E-state index contributed by atoms with van der Waals surface area (Å²) in [4.78, 5) is 3.48. The van der Waals surface area contributed by atoms with Crippen molar-refractivity contribution in [1.82, 2.24) is 0 Å². The largest absolute Gasteiger partial charge is 0.394 e. The molecule has 0 rings (SSSR count). The number of allylic oxidation sites excluding steroid dienone is 1. The van der Waals surface area contributed by atoms with Crippen LogP contribution in [0.2, 0.25) is 0 Å². The number of aliphatic hydroxyl groups is 2. The van der Waals surface area contributed by atoms with Gasteiger partial charge in [-0.3, -0.25) is 5.26 Å². The van der Waals surface area contributed by atoms with E-state index < -0.39 is 6.10 Å². The second kappa shape index (κ2) is 11.4. The molecule has 1 atom stereocenters. The van der Waals surface area contributed by atoms with Gasteiger partial charge in [-0.1, -0.05) is 6.08 Å². The van der Waals surface area contributed by atoms with Crippen LogP contribution in [-0.4, -0.2) is 34.8 Å². The van der Waals surface area contributed by atoms with Crippen LogP contribution in [-0.2, 0) is 4.89 Å². The summed E-state index contributed by atoms with van der Waals surface area (Å²) in [5.41, 5.74) is 0. The van der Waals surface area contributed by atoms with Gasteiger partial charge in [-0.25, -0.2) is 4.89 Å². The van der Waals surface area contributed by atoms with E-state index >= 15 is 0 Å². The highest BCUT2D eigenvalue weighted by atomic mass is 17.1. The van der Waals surface area contributed by atoms with Crippen LogP contribution in [0, 0.1) is 0 Å². The van der Waals surface area contributed by atoms with Crippen molar-refractivity contribution in [2.45, 2.75) is 13.0 Å². The van der Waals surface area contributed by atoms with Crippen LogP contribution < -0.4 is 0 Å². The standard InChI is InChI=1S/C3H8O4.C3H6/c4-1-3(5)2-7-6;1-3-2/h3-6H,1-2H2;3H,1H2,2H3. The fraction of sp³-hybridized carbons (Fsp3) is 0.667. The molecular formula is C6H14O4. The molecule has 0 bridgehead atoms. The highest BCUT2D eigenvalue weighted by Gasteiger charge is 1.98. The minimum absolute atomic E-state index is 0.240. The number of aliphatic hydroxyl groups excluding tert-OH is 2. The topological polar surface area (TPSA) is 69.9 Å². The maximum atomic E-state index is 8.32. The molecule has 0 amide bonds. The molecule has 0 aromatic rings. The van der Waals surface area contributed by atoms with Crippen LogP contribution >= 0.6 is 0 Å². The quantitative estimate of drug-likeness (QED) is 0.301. The lowest BCUT2D eigenvalue weighted by Crippen LogP contribution is -2.17. The molecule has 0 heterocycles. The Morgan fingerprint density at radius 1 is 1.70 bits per heavy atom. The Balaban J connectivity index is 0. The predicted octanol–water partition coefficient (Wildman–Crippen LogP) is 0.0215. The first-order valence-corrected chi connectivity index (χ1v) is 2.85. The second-order valence-corrected chi connectivity index (χ2v) is 1.54. The number of hydrogen-bond donors (Lipinski definition) is 3. The molecule has 10 heavy (non-hydrogen) atoms. The molecule has 62 valence electrons. The van der Waals surface area contributed by atoms with Crippen molar-refractivity contribution < 1.29 is 20.4 Å². The molecule has 0 saturated heterocycles. The molecule has 0 aliphatic rings. The van der Waals surface area contributed by atoms with Gasteiger partial charge in [-0.2, -0.15) is 0 Å². The molecular weight excluding hydrogens is 136 g/mol. The van der Waals surface area contributed by atoms with E-state index in [4.69, 9.17) is 15.5 Å². The normalized spacial score (nSPS) is 11.2. The van der Waals surface area contributed by atoms with Crippen molar-refractivity contribution >= 4 is 0 Å². The van der Waals surface area contributed by atoms with Crippen molar-refractivity contribution in [2.24, 2.45) is 0 Å². The van der Waals surface area contributed by atoms with E-state index in [0.717, 1.165) is 0 Å². The van der Waals surface area contributed by atoms with Crippen molar-refractivity contribution in [2.75, 3.05) is 13.2 Å². The van der Waals surface area contributed by atoms with E-state index in [1.165, 1.54) is 0 Å². The van der Waals surface area contributed by atoms with Gasteiger partial charge in [0.1, 0.15) is 12.7 Å². The highest BCUT2D eigenvalue weighted by Crippen LogP contribution is 1.77. The van der Waals surface area contributed by atoms with Gasteiger partial charge in [-0.05, 0) is 6.92 Å². The van der Waals surface area contributed by atoms with Crippen LogP contribution in [0.1, 0.15) is 6.92 Å². The average Bonchev–Trinajstić information content (AvgIpc) is 1.90. The Bertz CT molecular complexity index is 64.8. The van der Waals surface area contributed by atoms with E-state index in [1.807, 2.05) is 6.92 Å². The maximum Gasteiger partial charge on any atom is 0.110 e. The molecule has 3 N–H and O–H groups in total.